The predicted octanol–water partition coefficient (Wildman–Crippen LogP) is -4.20. The summed E-state index contributed by atoms with van der Waals surface area (Å²) in [5.41, 5.74) is 0. The summed E-state index contributed by atoms with van der Waals surface area (Å²) in [6, 6.07) is 0. The first-order chi connectivity index (χ1) is 5.54. The number of hydrogen-bond donors (Lipinski definition) is 3. The first-order valence-electron chi connectivity index (χ1n) is 4.27. The van der Waals surface area contributed by atoms with Crippen molar-refractivity contribution in [2.75, 3.05) is 39.9 Å². The van der Waals surface area contributed by atoms with E-state index >= 15 is 0 Å². The molecule has 0 saturated carbocycles. The van der Waals surface area contributed by atoms with Gasteiger partial charge in [-0.3, -0.25) is 0 Å². The monoisotopic (exact) mass is 213 g/mol. The van der Waals surface area contributed by atoms with Gasteiger partial charge in [0.05, 0.1) is 20.3 Å². The molecule has 13 heavy (non-hydrogen) atoms. The van der Waals surface area contributed by atoms with Crippen molar-refractivity contribution in [1.82, 2.24) is 0 Å². The van der Waals surface area contributed by atoms with E-state index < -0.39 is 6.10 Å². The molecule has 0 saturated heterocycles. The molecular weight excluding hydrogens is 194 g/mol. The van der Waals surface area contributed by atoms with Crippen LogP contribution in [0.4, 0.5) is 0 Å². The second-order valence-corrected chi connectivity index (χ2v) is 3.55. The van der Waals surface area contributed by atoms with Crippen molar-refractivity contribution in [3.8, 4) is 0 Å². The predicted molar refractivity (Wildman–Crippen MR) is 46.6 cm³/mol. The van der Waals surface area contributed by atoms with Crippen LogP contribution < -0.4 is 12.4 Å². The fourth-order valence-corrected chi connectivity index (χ4v) is 1.42. The van der Waals surface area contributed by atoms with Crippen molar-refractivity contribution in [3.05, 3.63) is 0 Å². The Balaban J connectivity index is 0. The summed E-state index contributed by atoms with van der Waals surface area (Å²) in [6.07, 6.45) is -0.395. The van der Waals surface area contributed by atoms with E-state index in [2.05, 4.69) is 0 Å². The lowest BCUT2D eigenvalue weighted by Crippen LogP contribution is -3.00. The Morgan fingerprint density at radius 1 is 1.15 bits per heavy atom. The van der Waals surface area contributed by atoms with Crippen molar-refractivity contribution in [1.29, 1.82) is 0 Å². The van der Waals surface area contributed by atoms with Crippen molar-refractivity contribution in [3.63, 3.8) is 0 Å². The fraction of sp³-hybridized carbons (Fsp3) is 1.00. The second-order valence-electron chi connectivity index (χ2n) is 3.55. The largest absolute Gasteiger partial charge is 1.00 e. The highest BCUT2D eigenvalue weighted by Gasteiger charge is 2.22. The molecule has 0 aliphatic heterocycles. The third-order valence-electron chi connectivity index (χ3n) is 1.98. The Bertz CT molecular complexity index is 116. The molecule has 0 fully saturated rings. The van der Waals surface area contributed by atoms with Crippen molar-refractivity contribution in [2.45, 2.75) is 13.0 Å². The van der Waals surface area contributed by atoms with E-state index in [1.54, 1.807) is 6.92 Å². The highest BCUT2D eigenvalue weighted by Crippen LogP contribution is 2.02. The molecule has 3 N–H and O–H groups in total. The maximum Gasteiger partial charge on any atom is 0.105 e. The van der Waals surface area contributed by atoms with Crippen molar-refractivity contribution < 1.29 is 32.2 Å². The summed E-state index contributed by atoms with van der Waals surface area (Å²) in [5, 5.41) is 26.7. The zero-order chi connectivity index (χ0) is 9.61. The number of rotatable bonds is 6. The van der Waals surface area contributed by atoms with Crippen molar-refractivity contribution >= 4 is 0 Å². The third-order valence-corrected chi connectivity index (χ3v) is 1.98. The Morgan fingerprint density at radius 2 is 1.54 bits per heavy atom. The molecule has 0 heterocycles. The molecule has 0 rings (SSSR count). The molecule has 0 radical (unpaired) electrons. The summed E-state index contributed by atoms with van der Waals surface area (Å²) in [6.45, 7) is 3.61. The molecule has 1 atom stereocenters. The molecule has 5 heteroatoms. The van der Waals surface area contributed by atoms with Crippen LogP contribution in [0.3, 0.4) is 0 Å². The molecule has 0 amide bonds. The Hall–Kier alpha value is 0.130. The minimum atomic E-state index is -0.395. The number of halogens is 1. The molecule has 0 bridgehead atoms. The van der Waals surface area contributed by atoms with Gasteiger partial charge in [-0.2, -0.15) is 0 Å². The summed E-state index contributed by atoms with van der Waals surface area (Å²) < 4.78 is 0.519. The van der Waals surface area contributed by atoms with Crippen LogP contribution in [0.25, 0.3) is 0 Å². The highest BCUT2D eigenvalue weighted by molar-refractivity contribution is 4.46. The third kappa shape index (κ3) is 7.22. The van der Waals surface area contributed by atoms with Crippen LogP contribution in [0.15, 0.2) is 0 Å². The van der Waals surface area contributed by atoms with E-state index in [4.69, 9.17) is 15.3 Å². The van der Waals surface area contributed by atoms with Crippen LogP contribution in [0.5, 0.6) is 0 Å². The lowest BCUT2D eigenvalue weighted by atomic mass is 10.3. The molecule has 0 aromatic carbocycles. The van der Waals surface area contributed by atoms with Gasteiger partial charge in [-0.1, -0.05) is 0 Å². The van der Waals surface area contributed by atoms with Crippen LogP contribution in [-0.4, -0.2) is 65.8 Å². The molecule has 0 aliphatic rings. The molecule has 82 valence electrons. The second kappa shape index (κ2) is 7.53. The molecular formula is C8H20ClNO3. The van der Waals surface area contributed by atoms with Crippen LogP contribution in [0, 0.1) is 0 Å². The lowest BCUT2D eigenvalue weighted by molar-refractivity contribution is -0.912. The van der Waals surface area contributed by atoms with E-state index in [0.29, 0.717) is 24.1 Å². The van der Waals surface area contributed by atoms with Crippen LogP contribution in [0.1, 0.15) is 6.92 Å². The fourth-order valence-electron chi connectivity index (χ4n) is 1.42. The first-order valence-corrected chi connectivity index (χ1v) is 4.27. The zero-order valence-electron chi connectivity index (χ0n) is 8.28. The molecule has 0 aromatic heterocycles. The molecule has 0 aliphatic carbocycles. The number of hydrogen-bond acceptors (Lipinski definition) is 3. The Morgan fingerprint density at radius 3 is 1.77 bits per heavy atom. The number of nitrogens with zero attached hydrogens (tertiary/aromatic N) is 1. The topological polar surface area (TPSA) is 60.7 Å². The summed E-state index contributed by atoms with van der Waals surface area (Å²) >= 11 is 0. The average Bonchev–Trinajstić information content (AvgIpc) is 1.85. The van der Waals surface area contributed by atoms with Crippen LogP contribution in [-0.2, 0) is 0 Å². The minimum Gasteiger partial charge on any atom is -1.00 e. The number of quaternary nitrogens is 1. The standard InChI is InChI=1S/C8H20NO3.ClH/c1-8(12)7-9(2,3-5-10)4-6-11;/h8,10-12H,3-7H2,1-2H3;1H/q+1;/p-1. The minimum absolute atomic E-state index is 0. The number of aliphatic hydroxyl groups excluding tert-OH is 3. The van der Waals surface area contributed by atoms with E-state index in [0.717, 1.165) is 0 Å². The number of likely N-dealkylation sites (N-methyl/N-ethyl adjacent to an activating group) is 1. The maximum absolute atomic E-state index is 9.16. The summed E-state index contributed by atoms with van der Waals surface area (Å²) in [7, 11) is 1.92. The van der Waals surface area contributed by atoms with Gasteiger partial charge in [-0.25, -0.2) is 0 Å². The number of aliphatic hydroxyl groups is 3. The normalized spacial score (nSPS) is 13.6. The first kappa shape index (κ1) is 15.6. The van der Waals surface area contributed by atoms with Crippen LogP contribution >= 0.6 is 0 Å². The van der Waals surface area contributed by atoms with E-state index in [1.807, 2.05) is 7.05 Å². The lowest BCUT2D eigenvalue weighted by Gasteiger charge is -2.34. The molecule has 1 unspecified atom stereocenters. The van der Waals surface area contributed by atoms with E-state index in [9.17, 15) is 0 Å². The zero-order valence-corrected chi connectivity index (χ0v) is 9.04. The smallest absolute Gasteiger partial charge is 0.105 e. The Kier molecular flexibility index (Phi) is 9.03. The highest BCUT2D eigenvalue weighted by atomic mass is 35.5. The molecule has 0 spiro atoms. The van der Waals surface area contributed by atoms with E-state index in [1.165, 1.54) is 0 Å². The van der Waals surface area contributed by atoms with Gasteiger partial charge in [-0.05, 0) is 6.92 Å². The maximum atomic E-state index is 9.16. The SMILES string of the molecule is CC(O)C[N+](C)(CCO)CCO.[Cl-]. The van der Waals surface area contributed by atoms with Gasteiger partial charge in [-0.15, -0.1) is 0 Å². The van der Waals surface area contributed by atoms with E-state index in [-0.39, 0.29) is 25.6 Å². The van der Waals surface area contributed by atoms with Gasteiger partial charge in [0.1, 0.15) is 25.7 Å². The Labute approximate surface area is 85.8 Å². The van der Waals surface area contributed by atoms with Crippen LogP contribution in [0.2, 0.25) is 0 Å². The van der Waals surface area contributed by atoms with Gasteiger partial charge < -0.3 is 32.2 Å². The average molecular weight is 214 g/mol. The van der Waals surface area contributed by atoms with Crippen molar-refractivity contribution in [2.24, 2.45) is 0 Å². The quantitative estimate of drug-likeness (QED) is 0.393. The van der Waals surface area contributed by atoms with Gasteiger partial charge in [0.25, 0.3) is 0 Å². The van der Waals surface area contributed by atoms with Gasteiger partial charge in [0.15, 0.2) is 0 Å². The molecule has 4 nitrogen and oxygen atoms in total. The van der Waals surface area contributed by atoms with Gasteiger partial charge in [0, 0.05) is 0 Å². The van der Waals surface area contributed by atoms with Gasteiger partial charge in [0.2, 0.25) is 0 Å². The summed E-state index contributed by atoms with van der Waals surface area (Å²) in [4.78, 5) is 0. The molecule has 0 aromatic rings. The summed E-state index contributed by atoms with van der Waals surface area (Å²) in [5.74, 6) is 0. The van der Waals surface area contributed by atoms with Gasteiger partial charge >= 0.3 is 0 Å².